The first-order valence-electron chi connectivity index (χ1n) is 9.70. The molecule has 178 valence electrons. The summed E-state index contributed by atoms with van der Waals surface area (Å²) in [5, 5.41) is 9.67. The molecule has 33 heavy (non-hydrogen) atoms. The minimum atomic E-state index is -4.05. The fourth-order valence-electron chi connectivity index (χ4n) is 2.74. The van der Waals surface area contributed by atoms with Crippen LogP contribution in [0.3, 0.4) is 0 Å². The predicted octanol–water partition coefficient (Wildman–Crippen LogP) is 2.51. The maximum atomic E-state index is 12.5. The quantitative estimate of drug-likeness (QED) is 0.437. The molecule has 2 aromatic rings. The topological polar surface area (TPSA) is 145 Å². The lowest BCUT2D eigenvalue weighted by molar-refractivity contribution is -0.151. The molecule has 2 rings (SSSR count). The van der Waals surface area contributed by atoms with E-state index in [0.717, 1.165) is 17.7 Å². The number of carbonyl (C=O) groups excluding carboxylic acids is 3. The second kappa shape index (κ2) is 11.5. The molecule has 0 aliphatic heterocycles. The zero-order chi connectivity index (χ0) is 24.8. The minimum absolute atomic E-state index is 0.0663. The summed E-state index contributed by atoms with van der Waals surface area (Å²) in [6, 6.07) is 10.1. The Bertz CT molecular complexity index is 1120. The van der Waals surface area contributed by atoms with Crippen molar-refractivity contribution in [2.24, 2.45) is 11.1 Å². The van der Waals surface area contributed by atoms with Crippen LogP contribution in [0.2, 0.25) is 10.0 Å². The lowest BCUT2D eigenvalue weighted by Gasteiger charge is -2.21. The zero-order valence-corrected chi connectivity index (χ0v) is 20.1. The number of amides is 2. The molecule has 0 heterocycles. The fourth-order valence-corrected chi connectivity index (χ4v) is 4.01. The van der Waals surface area contributed by atoms with E-state index < -0.39 is 34.5 Å². The van der Waals surface area contributed by atoms with Crippen molar-refractivity contribution in [2.45, 2.75) is 31.2 Å². The van der Waals surface area contributed by atoms with Gasteiger partial charge in [-0.05, 0) is 23.6 Å². The number of ether oxygens (including phenoxy) is 1. The molecule has 0 aliphatic rings. The second-order valence-electron chi connectivity index (χ2n) is 7.41. The molecule has 0 aromatic heterocycles. The van der Waals surface area contributed by atoms with Gasteiger partial charge in [-0.3, -0.25) is 9.59 Å². The summed E-state index contributed by atoms with van der Waals surface area (Å²) in [7, 11) is -4.05. The first-order valence-corrected chi connectivity index (χ1v) is 12.0. The fraction of sp³-hybridized carbons (Fsp3) is 0.286. The van der Waals surface area contributed by atoms with E-state index in [1.807, 2.05) is 6.07 Å². The summed E-state index contributed by atoms with van der Waals surface area (Å²) < 4.78 is 27.9. The van der Waals surface area contributed by atoms with E-state index in [4.69, 9.17) is 33.1 Å². The van der Waals surface area contributed by atoms with Gasteiger partial charge in [-0.15, -0.1) is 0 Å². The van der Waals surface area contributed by atoms with E-state index in [1.54, 1.807) is 38.1 Å². The minimum Gasteiger partial charge on any atom is -0.454 e. The Balaban J connectivity index is 1.97. The van der Waals surface area contributed by atoms with Crippen LogP contribution in [0.5, 0.6) is 0 Å². The van der Waals surface area contributed by atoms with E-state index in [-0.39, 0.29) is 38.9 Å². The van der Waals surface area contributed by atoms with Gasteiger partial charge >= 0.3 is 5.97 Å². The average Bonchev–Trinajstić information content (AvgIpc) is 2.72. The number of benzene rings is 2. The highest BCUT2D eigenvalue weighted by Crippen LogP contribution is 2.33. The summed E-state index contributed by atoms with van der Waals surface area (Å²) in [6.07, 6.45) is 0.0866. The van der Waals surface area contributed by atoms with Crippen LogP contribution >= 0.6 is 23.2 Å². The van der Waals surface area contributed by atoms with Crippen LogP contribution in [0.15, 0.2) is 47.4 Å². The predicted molar refractivity (Wildman–Crippen MR) is 124 cm³/mol. The third kappa shape index (κ3) is 8.01. The van der Waals surface area contributed by atoms with Gasteiger partial charge < -0.3 is 15.4 Å². The number of halogens is 2. The van der Waals surface area contributed by atoms with Gasteiger partial charge in [0.1, 0.15) is 6.04 Å². The molecular weight excluding hydrogens is 493 g/mol. The van der Waals surface area contributed by atoms with Crippen molar-refractivity contribution in [3.8, 4) is 0 Å². The van der Waals surface area contributed by atoms with Crippen LogP contribution in [0.1, 0.15) is 19.4 Å². The SMILES string of the molecule is CC(C)C(NC(=O)Cc1ccccc1)C(=O)OCC(=O)Nc1c(Cl)cc(S(N)(=O)=O)cc1Cl. The monoisotopic (exact) mass is 515 g/mol. The molecule has 0 saturated carbocycles. The van der Waals surface area contributed by atoms with Gasteiger partial charge in [-0.1, -0.05) is 67.4 Å². The van der Waals surface area contributed by atoms with E-state index in [1.165, 1.54) is 0 Å². The molecule has 2 amide bonds. The lowest BCUT2D eigenvalue weighted by atomic mass is 10.0. The molecule has 2 aromatic carbocycles. The smallest absolute Gasteiger partial charge is 0.329 e. The highest BCUT2D eigenvalue weighted by molar-refractivity contribution is 7.89. The second-order valence-corrected chi connectivity index (χ2v) is 9.79. The molecule has 0 spiro atoms. The Morgan fingerprint density at radius 1 is 1.03 bits per heavy atom. The molecule has 0 aliphatic carbocycles. The molecule has 9 nitrogen and oxygen atoms in total. The molecule has 1 atom stereocenters. The van der Waals surface area contributed by atoms with Crippen molar-refractivity contribution in [3.63, 3.8) is 0 Å². The Kier molecular flexibility index (Phi) is 9.24. The molecule has 4 N–H and O–H groups in total. The molecule has 1 unspecified atom stereocenters. The van der Waals surface area contributed by atoms with Gasteiger partial charge in [0.05, 0.1) is 27.0 Å². The van der Waals surface area contributed by atoms with Crippen molar-refractivity contribution in [1.29, 1.82) is 0 Å². The van der Waals surface area contributed by atoms with Crippen LogP contribution in [-0.2, 0) is 35.6 Å². The maximum absolute atomic E-state index is 12.5. The summed E-state index contributed by atoms with van der Waals surface area (Å²) in [6.45, 7) is 2.77. The Hall–Kier alpha value is -2.66. The number of carbonyl (C=O) groups is 3. The van der Waals surface area contributed by atoms with Gasteiger partial charge in [-0.2, -0.15) is 0 Å². The van der Waals surface area contributed by atoms with Crippen molar-refractivity contribution < 1.29 is 27.5 Å². The van der Waals surface area contributed by atoms with Crippen molar-refractivity contribution >= 4 is 56.7 Å². The van der Waals surface area contributed by atoms with Gasteiger partial charge in [0.2, 0.25) is 15.9 Å². The van der Waals surface area contributed by atoms with Crippen molar-refractivity contribution in [1.82, 2.24) is 5.32 Å². The summed E-state index contributed by atoms with van der Waals surface area (Å²) in [4.78, 5) is 36.7. The largest absolute Gasteiger partial charge is 0.454 e. The normalized spacial score (nSPS) is 12.2. The highest BCUT2D eigenvalue weighted by atomic mass is 35.5. The molecule has 0 radical (unpaired) electrons. The summed E-state index contributed by atoms with van der Waals surface area (Å²) >= 11 is 12.0. The number of hydrogen-bond donors (Lipinski definition) is 3. The van der Waals surface area contributed by atoms with Gasteiger partial charge in [0.15, 0.2) is 6.61 Å². The highest BCUT2D eigenvalue weighted by Gasteiger charge is 2.26. The Morgan fingerprint density at radius 2 is 1.61 bits per heavy atom. The number of esters is 1. The number of rotatable bonds is 9. The molecule has 0 fully saturated rings. The van der Waals surface area contributed by atoms with Gasteiger partial charge in [0, 0.05) is 0 Å². The van der Waals surface area contributed by atoms with Crippen LogP contribution in [0.4, 0.5) is 5.69 Å². The zero-order valence-electron chi connectivity index (χ0n) is 17.8. The summed E-state index contributed by atoms with van der Waals surface area (Å²) in [5.74, 6) is -2.22. The first-order chi connectivity index (χ1) is 15.4. The van der Waals surface area contributed by atoms with Gasteiger partial charge in [-0.25, -0.2) is 18.4 Å². The summed E-state index contributed by atoms with van der Waals surface area (Å²) in [5.41, 5.74) is 0.718. The standard InChI is InChI=1S/C21H23Cl2N3O6S/c1-12(2)19(25-17(27)8-13-6-4-3-5-7-13)21(29)32-11-18(28)26-20-15(22)9-14(10-16(20)23)33(24,30)31/h3-7,9-10,12,19H,8,11H2,1-2H3,(H,25,27)(H,26,28)(H2,24,30,31). The number of anilines is 1. The van der Waals surface area contributed by atoms with Crippen LogP contribution in [0, 0.1) is 5.92 Å². The number of hydrogen-bond acceptors (Lipinski definition) is 6. The third-order valence-electron chi connectivity index (χ3n) is 4.40. The van der Waals surface area contributed by atoms with Crippen LogP contribution < -0.4 is 15.8 Å². The molecular formula is C21H23Cl2N3O6S. The van der Waals surface area contributed by atoms with Crippen LogP contribution in [0.25, 0.3) is 0 Å². The van der Waals surface area contributed by atoms with E-state index in [9.17, 15) is 22.8 Å². The molecule has 0 saturated heterocycles. The Labute approximate surface area is 201 Å². The average molecular weight is 516 g/mol. The first kappa shape index (κ1) is 26.6. The van der Waals surface area contributed by atoms with Crippen LogP contribution in [-0.4, -0.2) is 38.9 Å². The van der Waals surface area contributed by atoms with E-state index >= 15 is 0 Å². The number of nitrogens with one attached hydrogen (secondary N) is 2. The van der Waals surface area contributed by atoms with E-state index in [0.29, 0.717) is 0 Å². The maximum Gasteiger partial charge on any atom is 0.329 e. The van der Waals surface area contributed by atoms with Gasteiger partial charge in [0.25, 0.3) is 5.91 Å². The molecule has 12 heteroatoms. The molecule has 0 bridgehead atoms. The number of primary sulfonamides is 1. The van der Waals surface area contributed by atoms with E-state index in [2.05, 4.69) is 10.6 Å². The number of nitrogens with two attached hydrogens (primary N) is 1. The van der Waals surface area contributed by atoms with Crippen molar-refractivity contribution in [2.75, 3.05) is 11.9 Å². The lowest BCUT2D eigenvalue weighted by Crippen LogP contribution is -2.46. The third-order valence-corrected chi connectivity index (χ3v) is 5.89. The number of sulfonamides is 1. The Morgan fingerprint density at radius 3 is 2.12 bits per heavy atom. The van der Waals surface area contributed by atoms with Crippen molar-refractivity contribution in [3.05, 3.63) is 58.1 Å².